The zero-order valence-electron chi connectivity index (χ0n) is 17.4. The number of hydrazone groups is 1. The Kier molecular flexibility index (Phi) is 4.92. The molecule has 1 N–H and O–H groups in total. The summed E-state index contributed by atoms with van der Waals surface area (Å²) in [5.41, 5.74) is 3.01. The van der Waals surface area contributed by atoms with E-state index in [1.807, 2.05) is 43.1 Å². The molecule has 2 fully saturated rings. The van der Waals surface area contributed by atoms with Crippen LogP contribution in [0.2, 0.25) is 0 Å². The van der Waals surface area contributed by atoms with Gasteiger partial charge in [0.1, 0.15) is 12.2 Å². The van der Waals surface area contributed by atoms with Crippen molar-refractivity contribution in [2.45, 2.75) is 51.9 Å². The van der Waals surface area contributed by atoms with Gasteiger partial charge in [0.05, 0.1) is 24.8 Å². The van der Waals surface area contributed by atoms with Crippen LogP contribution in [0.15, 0.2) is 42.0 Å². The number of benzene rings is 1. The Morgan fingerprint density at radius 2 is 1.90 bits per heavy atom. The summed E-state index contributed by atoms with van der Waals surface area (Å²) < 4.78 is 0. The molecular weight excluding hydrogens is 368 g/mol. The molecule has 8 heteroatoms. The Labute approximate surface area is 171 Å². The van der Waals surface area contributed by atoms with Crippen LogP contribution in [0.4, 0.5) is 4.79 Å². The molecule has 1 aromatic rings. The minimum Gasteiger partial charge on any atom is -0.310 e. The zero-order valence-corrected chi connectivity index (χ0v) is 17.4. The smallest absolute Gasteiger partial charge is 0.310 e. The van der Waals surface area contributed by atoms with Crippen LogP contribution >= 0.6 is 0 Å². The molecule has 4 unspecified atom stereocenters. The lowest BCUT2D eigenvalue weighted by Crippen LogP contribution is -2.67. The molecule has 4 atom stereocenters. The Bertz CT molecular complexity index is 866. The highest BCUT2D eigenvalue weighted by Gasteiger charge is 2.57. The molecule has 3 heterocycles. The number of nitrogens with one attached hydrogen (secondary N) is 1. The molecule has 1 aromatic carbocycles. The molecular formula is C21H28N6O2. The predicted molar refractivity (Wildman–Crippen MR) is 111 cm³/mol. The Balaban J connectivity index is 1.66. The van der Waals surface area contributed by atoms with Gasteiger partial charge in [0.25, 0.3) is 5.91 Å². The maximum Gasteiger partial charge on any atom is 0.328 e. The van der Waals surface area contributed by atoms with Crippen molar-refractivity contribution in [3.63, 3.8) is 0 Å². The average Bonchev–Trinajstić information content (AvgIpc) is 3.10. The van der Waals surface area contributed by atoms with Crippen LogP contribution in [0, 0.1) is 6.92 Å². The van der Waals surface area contributed by atoms with E-state index in [0.29, 0.717) is 6.54 Å². The van der Waals surface area contributed by atoms with Crippen LogP contribution in [0.25, 0.3) is 0 Å². The molecule has 154 valence electrons. The van der Waals surface area contributed by atoms with Gasteiger partial charge in [-0.05, 0) is 26.3 Å². The van der Waals surface area contributed by atoms with E-state index in [0.717, 1.165) is 16.8 Å². The SMILES string of the molecule is C=CCN1N=C(C)C(C)N2C3C(=O)N(Cc4ccc(C)cc4)C(=O)N(C)C3NC12. The van der Waals surface area contributed by atoms with Gasteiger partial charge in [-0.15, -0.1) is 6.58 Å². The average molecular weight is 396 g/mol. The summed E-state index contributed by atoms with van der Waals surface area (Å²) in [7, 11) is 1.75. The number of fused-ring (bicyclic) bond motifs is 3. The number of aryl methyl sites for hydroxylation is 1. The molecule has 4 rings (SSSR count). The molecule has 3 aliphatic heterocycles. The molecule has 29 heavy (non-hydrogen) atoms. The summed E-state index contributed by atoms with van der Waals surface area (Å²) in [6, 6.07) is 7.13. The van der Waals surface area contributed by atoms with Crippen molar-refractivity contribution in [2.75, 3.05) is 13.6 Å². The molecule has 0 spiro atoms. The predicted octanol–water partition coefficient (Wildman–Crippen LogP) is 1.54. The molecule has 2 saturated heterocycles. The van der Waals surface area contributed by atoms with E-state index in [1.54, 1.807) is 18.0 Å². The van der Waals surface area contributed by atoms with Crippen molar-refractivity contribution in [3.05, 3.63) is 48.0 Å². The molecule has 0 aromatic heterocycles. The lowest BCUT2D eigenvalue weighted by molar-refractivity contribution is -0.140. The van der Waals surface area contributed by atoms with Gasteiger partial charge in [0, 0.05) is 7.05 Å². The number of imide groups is 1. The van der Waals surface area contributed by atoms with Crippen LogP contribution < -0.4 is 5.32 Å². The topological polar surface area (TPSA) is 71.5 Å². The Hall–Kier alpha value is -2.71. The first kappa shape index (κ1) is 19.6. The molecule has 0 saturated carbocycles. The van der Waals surface area contributed by atoms with E-state index < -0.39 is 12.2 Å². The van der Waals surface area contributed by atoms with Gasteiger partial charge in [0.2, 0.25) is 0 Å². The maximum atomic E-state index is 13.5. The third-order valence-corrected chi connectivity index (χ3v) is 6.09. The normalized spacial score (nSPS) is 29.7. The van der Waals surface area contributed by atoms with E-state index in [2.05, 4.69) is 28.8 Å². The molecule has 0 bridgehead atoms. The van der Waals surface area contributed by atoms with Crippen LogP contribution in [0.3, 0.4) is 0 Å². The summed E-state index contributed by atoms with van der Waals surface area (Å²) in [6.45, 7) is 10.7. The number of amides is 3. The minimum absolute atomic E-state index is 0.0182. The highest BCUT2D eigenvalue weighted by Crippen LogP contribution is 2.33. The van der Waals surface area contributed by atoms with Gasteiger partial charge < -0.3 is 4.90 Å². The fourth-order valence-corrected chi connectivity index (χ4v) is 4.34. The van der Waals surface area contributed by atoms with Gasteiger partial charge in [-0.2, -0.15) is 5.10 Å². The van der Waals surface area contributed by atoms with E-state index in [1.165, 1.54) is 4.90 Å². The largest absolute Gasteiger partial charge is 0.328 e. The van der Waals surface area contributed by atoms with Crippen molar-refractivity contribution in [2.24, 2.45) is 5.10 Å². The third-order valence-electron chi connectivity index (χ3n) is 6.09. The number of hydrogen-bond acceptors (Lipinski definition) is 6. The minimum atomic E-state index is -0.471. The van der Waals surface area contributed by atoms with E-state index in [9.17, 15) is 9.59 Å². The lowest BCUT2D eigenvalue weighted by atomic mass is 10.0. The highest BCUT2D eigenvalue weighted by molar-refractivity contribution is 6.01. The summed E-state index contributed by atoms with van der Waals surface area (Å²) in [6.07, 6.45) is 1.12. The first-order valence-corrected chi connectivity index (χ1v) is 9.93. The second-order valence-electron chi connectivity index (χ2n) is 8.01. The summed E-state index contributed by atoms with van der Waals surface area (Å²) in [4.78, 5) is 31.7. The first-order chi connectivity index (χ1) is 13.8. The van der Waals surface area contributed by atoms with Gasteiger partial charge in [0.15, 0.2) is 6.29 Å². The number of carbonyl (C=O) groups excluding carboxylic acids is 2. The van der Waals surface area contributed by atoms with Crippen molar-refractivity contribution in [3.8, 4) is 0 Å². The van der Waals surface area contributed by atoms with Crippen molar-refractivity contribution < 1.29 is 9.59 Å². The Morgan fingerprint density at radius 3 is 2.55 bits per heavy atom. The van der Waals surface area contributed by atoms with E-state index in [4.69, 9.17) is 0 Å². The van der Waals surface area contributed by atoms with Gasteiger partial charge in [-0.1, -0.05) is 35.9 Å². The number of nitrogens with zero attached hydrogens (tertiary/aromatic N) is 5. The monoisotopic (exact) mass is 396 g/mol. The summed E-state index contributed by atoms with van der Waals surface area (Å²) in [5.74, 6) is -0.172. The van der Waals surface area contributed by atoms with Crippen LogP contribution in [0.1, 0.15) is 25.0 Å². The zero-order chi connectivity index (χ0) is 20.9. The number of rotatable bonds is 4. The molecule has 8 nitrogen and oxygen atoms in total. The summed E-state index contributed by atoms with van der Waals surface area (Å²) >= 11 is 0. The Morgan fingerprint density at radius 1 is 1.21 bits per heavy atom. The standard InChI is InChI=1S/C21H28N6O2/c1-6-11-26-20-22-18-17(27(20)15(4)14(3)23-26)19(28)25(21(29)24(18)5)12-16-9-7-13(2)8-10-16/h6-10,15,17-18,20,22H,1,11-12H2,2-5H3. The van der Waals surface area contributed by atoms with Gasteiger partial charge in [-0.25, -0.2) is 9.69 Å². The maximum absolute atomic E-state index is 13.5. The van der Waals surface area contributed by atoms with Crippen LogP contribution in [-0.4, -0.2) is 75.5 Å². The van der Waals surface area contributed by atoms with E-state index in [-0.39, 0.29) is 30.8 Å². The number of carbonyl (C=O) groups is 2. The van der Waals surface area contributed by atoms with Crippen molar-refractivity contribution >= 4 is 17.6 Å². The molecule has 0 radical (unpaired) electrons. The first-order valence-electron chi connectivity index (χ1n) is 9.93. The van der Waals surface area contributed by atoms with Crippen LogP contribution in [0.5, 0.6) is 0 Å². The molecule has 0 aliphatic carbocycles. The lowest BCUT2D eigenvalue weighted by Gasteiger charge is -2.44. The van der Waals surface area contributed by atoms with Gasteiger partial charge >= 0.3 is 6.03 Å². The van der Waals surface area contributed by atoms with Crippen LogP contribution in [-0.2, 0) is 11.3 Å². The molecule has 3 aliphatic rings. The fraction of sp³-hybridized carbons (Fsp3) is 0.476. The molecule has 3 amide bonds. The van der Waals surface area contributed by atoms with Gasteiger partial charge in [-0.3, -0.25) is 20.0 Å². The second kappa shape index (κ2) is 7.27. The number of urea groups is 1. The highest BCUT2D eigenvalue weighted by atomic mass is 16.2. The number of likely N-dealkylation sites (N-methyl/N-ethyl adjacent to an activating group) is 1. The summed E-state index contributed by atoms with van der Waals surface area (Å²) in [5, 5.41) is 9.99. The number of hydrogen-bond donors (Lipinski definition) is 1. The second-order valence-corrected chi connectivity index (χ2v) is 8.01. The third kappa shape index (κ3) is 3.12. The van der Waals surface area contributed by atoms with Crippen molar-refractivity contribution in [1.29, 1.82) is 0 Å². The fourth-order valence-electron chi connectivity index (χ4n) is 4.34. The quantitative estimate of drug-likeness (QED) is 0.782. The van der Waals surface area contributed by atoms with E-state index >= 15 is 0 Å². The van der Waals surface area contributed by atoms with Crippen molar-refractivity contribution in [1.82, 2.24) is 25.0 Å².